The lowest BCUT2D eigenvalue weighted by Gasteiger charge is -2.35. The number of piperidine rings is 1. The first-order chi connectivity index (χ1) is 10.2. The molecule has 21 heavy (non-hydrogen) atoms. The molecule has 5 heteroatoms. The van der Waals surface area contributed by atoms with Crippen molar-refractivity contribution in [3.8, 4) is 5.75 Å². The zero-order valence-corrected chi connectivity index (χ0v) is 12.2. The lowest BCUT2D eigenvalue weighted by molar-refractivity contribution is 0.00674. The van der Waals surface area contributed by atoms with Gasteiger partial charge in [0.25, 0.3) is 0 Å². The third-order valence-corrected chi connectivity index (χ3v) is 4.41. The fourth-order valence-corrected chi connectivity index (χ4v) is 2.74. The number of hydrogen-bond donors (Lipinski definition) is 2. The van der Waals surface area contributed by atoms with E-state index in [1.165, 1.54) is 5.56 Å². The molecule has 4 nitrogen and oxygen atoms in total. The summed E-state index contributed by atoms with van der Waals surface area (Å²) in [5, 5.41) is 12.2. The van der Waals surface area contributed by atoms with Crippen LogP contribution in [0.4, 0.5) is 4.39 Å². The Morgan fingerprint density at radius 3 is 2.43 bits per heavy atom. The first kappa shape index (κ1) is 14.8. The van der Waals surface area contributed by atoms with Gasteiger partial charge in [-0.1, -0.05) is 12.1 Å². The van der Waals surface area contributed by atoms with Crippen LogP contribution in [0.5, 0.6) is 5.75 Å². The zero-order chi connectivity index (χ0) is 14.7. The SMILES string of the molecule is OCC1(F)CCN(Cc2ccc(OC3CNC3)cc2)CC1. The fraction of sp³-hybridized carbons (Fsp3) is 0.625. The second-order valence-corrected chi connectivity index (χ2v) is 6.13. The maximum absolute atomic E-state index is 13.9. The number of aliphatic hydroxyl groups excluding tert-OH is 1. The number of likely N-dealkylation sites (tertiary alicyclic amines) is 1. The van der Waals surface area contributed by atoms with E-state index < -0.39 is 5.67 Å². The third kappa shape index (κ3) is 3.73. The standard InChI is InChI=1S/C16H23FN2O2/c17-16(12-20)5-7-19(8-6-16)11-13-1-3-14(4-2-13)21-15-9-18-10-15/h1-4,15,18,20H,5-12H2. The second-order valence-electron chi connectivity index (χ2n) is 6.13. The van der Waals surface area contributed by atoms with Crippen LogP contribution in [0.25, 0.3) is 0 Å². The van der Waals surface area contributed by atoms with Gasteiger partial charge in [-0.05, 0) is 30.5 Å². The smallest absolute Gasteiger partial charge is 0.136 e. The van der Waals surface area contributed by atoms with Gasteiger partial charge in [0.2, 0.25) is 0 Å². The van der Waals surface area contributed by atoms with Gasteiger partial charge in [-0.3, -0.25) is 4.90 Å². The Hall–Kier alpha value is -1.17. The molecule has 3 rings (SSSR count). The number of nitrogens with one attached hydrogen (secondary N) is 1. The van der Waals surface area contributed by atoms with Crippen LogP contribution in [0.3, 0.4) is 0 Å². The van der Waals surface area contributed by atoms with Crippen LogP contribution in [0, 0.1) is 0 Å². The fourth-order valence-electron chi connectivity index (χ4n) is 2.74. The average molecular weight is 294 g/mol. The Morgan fingerprint density at radius 2 is 1.90 bits per heavy atom. The molecule has 1 aromatic carbocycles. The van der Waals surface area contributed by atoms with Crippen molar-refractivity contribution in [2.45, 2.75) is 31.2 Å². The van der Waals surface area contributed by atoms with E-state index in [1.54, 1.807) is 0 Å². The maximum Gasteiger partial charge on any atom is 0.136 e. The predicted molar refractivity (Wildman–Crippen MR) is 79.2 cm³/mol. The molecule has 0 spiro atoms. The number of rotatable bonds is 5. The van der Waals surface area contributed by atoms with E-state index in [1.807, 2.05) is 12.1 Å². The summed E-state index contributed by atoms with van der Waals surface area (Å²) >= 11 is 0. The molecule has 0 radical (unpaired) electrons. The predicted octanol–water partition coefficient (Wildman–Crippen LogP) is 1.33. The Bertz CT molecular complexity index is 454. The van der Waals surface area contributed by atoms with Gasteiger partial charge in [0.05, 0.1) is 6.61 Å². The van der Waals surface area contributed by atoms with Crippen molar-refractivity contribution in [2.24, 2.45) is 0 Å². The molecule has 0 atom stereocenters. The van der Waals surface area contributed by atoms with Crippen LogP contribution in [0.15, 0.2) is 24.3 Å². The summed E-state index contributed by atoms with van der Waals surface area (Å²) in [4.78, 5) is 2.24. The molecule has 116 valence electrons. The molecule has 2 aliphatic rings. The number of hydrogen-bond acceptors (Lipinski definition) is 4. The summed E-state index contributed by atoms with van der Waals surface area (Å²) in [5.41, 5.74) is -0.158. The summed E-state index contributed by atoms with van der Waals surface area (Å²) in [6.07, 6.45) is 1.13. The first-order valence-electron chi connectivity index (χ1n) is 7.65. The monoisotopic (exact) mass is 294 g/mol. The number of halogens is 1. The molecule has 2 heterocycles. The Balaban J connectivity index is 1.49. The van der Waals surface area contributed by atoms with Crippen molar-refractivity contribution < 1.29 is 14.2 Å². The molecule has 0 aromatic heterocycles. The van der Waals surface area contributed by atoms with Gasteiger partial charge >= 0.3 is 0 Å². The van der Waals surface area contributed by atoms with Crippen molar-refractivity contribution >= 4 is 0 Å². The van der Waals surface area contributed by atoms with Gasteiger partial charge in [0.15, 0.2) is 0 Å². The minimum absolute atomic E-state index is 0.300. The molecule has 0 unspecified atom stereocenters. The third-order valence-electron chi connectivity index (χ3n) is 4.41. The number of nitrogens with zero attached hydrogens (tertiary/aromatic N) is 1. The number of ether oxygens (including phenoxy) is 1. The molecule has 2 N–H and O–H groups in total. The van der Waals surface area contributed by atoms with Crippen molar-refractivity contribution in [3.05, 3.63) is 29.8 Å². The summed E-state index contributed by atoms with van der Waals surface area (Å²) in [6, 6.07) is 8.16. The van der Waals surface area contributed by atoms with Crippen LogP contribution < -0.4 is 10.1 Å². The van der Waals surface area contributed by atoms with Crippen LogP contribution in [0.2, 0.25) is 0 Å². The van der Waals surface area contributed by atoms with E-state index in [4.69, 9.17) is 9.84 Å². The second kappa shape index (κ2) is 6.30. The van der Waals surface area contributed by atoms with Crippen molar-refractivity contribution in [3.63, 3.8) is 0 Å². The van der Waals surface area contributed by atoms with Gasteiger partial charge in [0, 0.05) is 32.7 Å². The molecule has 0 saturated carbocycles. The summed E-state index contributed by atoms with van der Waals surface area (Å²) in [5.74, 6) is 0.909. The quantitative estimate of drug-likeness (QED) is 0.860. The normalized spacial score (nSPS) is 22.8. The van der Waals surface area contributed by atoms with Crippen LogP contribution >= 0.6 is 0 Å². The molecule has 2 saturated heterocycles. The number of aliphatic hydroxyl groups is 1. The molecular weight excluding hydrogens is 271 g/mol. The highest BCUT2D eigenvalue weighted by Crippen LogP contribution is 2.27. The summed E-state index contributed by atoms with van der Waals surface area (Å²) in [7, 11) is 0. The molecule has 0 amide bonds. The number of alkyl halides is 1. The topological polar surface area (TPSA) is 44.7 Å². The van der Waals surface area contributed by atoms with E-state index in [0.717, 1.165) is 25.4 Å². The minimum atomic E-state index is -1.37. The molecule has 1 aromatic rings. The highest BCUT2D eigenvalue weighted by Gasteiger charge is 2.33. The highest BCUT2D eigenvalue weighted by molar-refractivity contribution is 5.27. The molecule has 2 fully saturated rings. The first-order valence-corrected chi connectivity index (χ1v) is 7.65. The van der Waals surface area contributed by atoms with Crippen LogP contribution in [-0.4, -0.2) is 54.6 Å². The zero-order valence-electron chi connectivity index (χ0n) is 12.2. The van der Waals surface area contributed by atoms with Crippen molar-refractivity contribution in [2.75, 3.05) is 32.8 Å². The molecule has 0 bridgehead atoms. The molecule has 2 aliphatic heterocycles. The average Bonchev–Trinajstić information content (AvgIpc) is 2.47. The van der Waals surface area contributed by atoms with Gasteiger partial charge in [0.1, 0.15) is 17.5 Å². The number of benzene rings is 1. The van der Waals surface area contributed by atoms with E-state index in [0.29, 0.717) is 32.0 Å². The Kier molecular flexibility index (Phi) is 4.42. The van der Waals surface area contributed by atoms with Gasteiger partial charge in [-0.2, -0.15) is 0 Å². The lowest BCUT2D eigenvalue weighted by Crippen LogP contribution is -2.50. The van der Waals surface area contributed by atoms with Crippen LogP contribution in [-0.2, 0) is 6.54 Å². The molecule has 0 aliphatic carbocycles. The highest BCUT2D eigenvalue weighted by atomic mass is 19.1. The van der Waals surface area contributed by atoms with E-state index in [2.05, 4.69) is 22.3 Å². The van der Waals surface area contributed by atoms with E-state index in [9.17, 15) is 4.39 Å². The van der Waals surface area contributed by atoms with E-state index in [-0.39, 0.29) is 6.61 Å². The van der Waals surface area contributed by atoms with Crippen LogP contribution in [0.1, 0.15) is 18.4 Å². The largest absolute Gasteiger partial charge is 0.488 e. The summed E-state index contributed by atoms with van der Waals surface area (Å²) < 4.78 is 19.7. The lowest BCUT2D eigenvalue weighted by atomic mass is 9.94. The van der Waals surface area contributed by atoms with Gasteiger partial charge in [-0.25, -0.2) is 4.39 Å². The molecular formula is C16H23FN2O2. The van der Waals surface area contributed by atoms with Crippen molar-refractivity contribution in [1.82, 2.24) is 10.2 Å². The van der Waals surface area contributed by atoms with E-state index >= 15 is 0 Å². The van der Waals surface area contributed by atoms with Gasteiger partial charge < -0.3 is 15.2 Å². The Labute approximate surface area is 124 Å². The van der Waals surface area contributed by atoms with Gasteiger partial charge in [-0.15, -0.1) is 0 Å². The van der Waals surface area contributed by atoms with Crippen molar-refractivity contribution in [1.29, 1.82) is 0 Å². The summed E-state index contributed by atoms with van der Waals surface area (Å²) in [6.45, 7) is 3.71. The maximum atomic E-state index is 13.9. The minimum Gasteiger partial charge on any atom is -0.488 e. The Morgan fingerprint density at radius 1 is 1.24 bits per heavy atom.